The molecule has 28 heavy (non-hydrogen) atoms. The van der Waals surface area contributed by atoms with E-state index in [1.807, 2.05) is 35.0 Å². The first-order valence-corrected chi connectivity index (χ1v) is 9.07. The zero-order valence-corrected chi connectivity index (χ0v) is 15.3. The highest BCUT2D eigenvalue weighted by atomic mass is 35.5. The molecule has 1 aliphatic rings. The maximum Gasteiger partial charge on any atom is 0.278 e. The zero-order valence-electron chi connectivity index (χ0n) is 14.5. The van der Waals surface area contributed by atoms with Gasteiger partial charge in [-0.2, -0.15) is 10.1 Å². The number of ether oxygens (including phenoxy) is 1. The van der Waals surface area contributed by atoms with Crippen molar-refractivity contribution in [2.24, 2.45) is 0 Å². The van der Waals surface area contributed by atoms with Crippen LogP contribution in [-0.4, -0.2) is 19.9 Å². The number of rotatable bonds is 3. The van der Waals surface area contributed by atoms with Gasteiger partial charge in [0.2, 0.25) is 5.82 Å². The van der Waals surface area contributed by atoms with Crippen molar-refractivity contribution in [3.8, 4) is 23.0 Å². The maximum atomic E-state index is 13.4. The highest BCUT2D eigenvalue weighted by Gasteiger charge is 2.24. The molecule has 0 bridgehead atoms. The molecule has 1 atom stereocenters. The van der Waals surface area contributed by atoms with Gasteiger partial charge in [-0.15, -0.1) is 0 Å². The predicted octanol–water partition coefficient (Wildman–Crippen LogP) is 4.66. The van der Waals surface area contributed by atoms with Crippen LogP contribution in [0.5, 0.6) is 0 Å². The third-order valence-corrected chi connectivity index (χ3v) is 4.86. The second kappa shape index (κ2) is 6.85. The Morgan fingerprint density at radius 3 is 2.79 bits per heavy atom. The molecule has 0 N–H and O–H groups in total. The molecule has 0 aliphatic carbocycles. The van der Waals surface area contributed by atoms with Gasteiger partial charge in [0.25, 0.3) is 5.89 Å². The second-order valence-corrected chi connectivity index (χ2v) is 6.92. The Hall–Kier alpha value is -3.03. The van der Waals surface area contributed by atoms with Crippen LogP contribution < -0.4 is 0 Å². The van der Waals surface area contributed by atoms with Crippen LogP contribution in [0, 0.1) is 5.82 Å². The van der Waals surface area contributed by atoms with Crippen LogP contribution >= 0.6 is 11.6 Å². The highest BCUT2D eigenvalue weighted by molar-refractivity contribution is 6.30. The van der Waals surface area contributed by atoms with Crippen molar-refractivity contribution in [1.29, 1.82) is 0 Å². The number of benzene rings is 2. The van der Waals surface area contributed by atoms with Crippen LogP contribution in [-0.2, 0) is 17.9 Å². The Bertz CT molecular complexity index is 1140. The van der Waals surface area contributed by atoms with Gasteiger partial charge < -0.3 is 9.26 Å². The van der Waals surface area contributed by atoms with Crippen LogP contribution in [0.4, 0.5) is 4.39 Å². The molecule has 5 rings (SSSR count). The molecular formula is C20H14ClFN4O2. The first-order valence-electron chi connectivity index (χ1n) is 8.69. The summed E-state index contributed by atoms with van der Waals surface area (Å²) >= 11 is 5.96. The first kappa shape index (κ1) is 17.1. The molecule has 1 aliphatic heterocycles. The summed E-state index contributed by atoms with van der Waals surface area (Å²) in [6.07, 6.45) is -0.108. The molecule has 0 saturated carbocycles. The molecule has 0 saturated heterocycles. The van der Waals surface area contributed by atoms with Crippen molar-refractivity contribution in [2.45, 2.75) is 19.3 Å². The lowest BCUT2D eigenvalue weighted by Gasteiger charge is -2.24. The summed E-state index contributed by atoms with van der Waals surface area (Å²) in [6.45, 7) is 0.993. The van der Waals surface area contributed by atoms with E-state index in [4.69, 9.17) is 20.9 Å². The maximum absolute atomic E-state index is 13.4. The summed E-state index contributed by atoms with van der Waals surface area (Å²) in [6, 6.07) is 15.5. The number of aromatic nitrogens is 4. The Labute approximate surface area is 164 Å². The standard InChI is InChI=1S/C20H14ClFN4O2/c21-14-6-4-12(5-7-14)18-10-26-16(11-27-18)9-17(24-26)20-23-19(25-28-20)13-2-1-3-15(22)8-13/h1-9,18H,10-11H2/t18-/m1/s1. The summed E-state index contributed by atoms with van der Waals surface area (Å²) in [5.74, 6) is 0.242. The van der Waals surface area contributed by atoms with Crippen molar-refractivity contribution in [3.63, 3.8) is 0 Å². The van der Waals surface area contributed by atoms with Crippen molar-refractivity contribution >= 4 is 11.6 Å². The van der Waals surface area contributed by atoms with E-state index in [1.165, 1.54) is 12.1 Å². The fraction of sp³-hybridized carbons (Fsp3) is 0.150. The number of hydrogen-bond donors (Lipinski definition) is 0. The third kappa shape index (κ3) is 3.19. The van der Waals surface area contributed by atoms with E-state index in [9.17, 15) is 4.39 Å². The minimum absolute atomic E-state index is 0.108. The number of halogens is 2. The lowest BCUT2D eigenvalue weighted by Crippen LogP contribution is -2.21. The smallest absolute Gasteiger partial charge is 0.278 e. The molecule has 6 nitrogen and oxygen atoms in total. The van der Waals surface area contributed by atoms with E-state index in [0.29, 0.717) is 35.3 Å². The first-order chi connectivity index (χ1) is 13.7. The SMILES string of the molecule is Fc1cccc(-c2noc(-c3cc4n(n3)C[C@H](c3ccc(Cl)cc3)OC4)n2)c1. The Morgan fingerprint density at radius 1 is 1.11 bits per heavy atom. The summed E-state index contributed by atoms with van der Waals surface area (Å²) < 4.78 is 26.6. The van der Waals surface area contributed by atoms with Gasteiger partial charge in [0, 0.05) is 10.6 Å². The van der Waals surface area contributed by atoms with Gasteiger partial charge in [-0.25, -0.2) is 4.39 Å². The molecule has 4 aromatic rings. The number of nitrogens with zero attached hydrogens (tertiary/aromatic N) is 4. The minimum Gasteiger partial charge on any atom is -0.365 e. The van der Waals surface area contributed by atoms with Gasteiger partial charge in [-0.05, 0) is 35.9 Å². The normalized spacial score (nSPS) is 16.1. The molecule has 0 unspecified atom stereocenters. The average molecular weight is 397 g/mol. The van der Waals surface area contributed by atoms with Crippen LogP contribution in [0.25, 0.3) is 23.0 Å². The molecule has 3 heterocycles. The summed E-state index contributed by atoms with van der Waals surface area (Å²) in [7, 11) is 0. The topological polar surface area (TPSA) is 66.0 Å². The van der Waals surface area contributed by atoms with Gasteiger partial charge in [0.15, 0.2) is 5.69 Å². The third-order valence-electron chi connectivity index (χ3n) is 4.60. The van der Waals surface area contributed by atoms with Crippen LogP contribution in [0.15, 0.2) is 59.1 Å². The zero-order chi connectivity index (χ0) is 19.1. The Morgan fingerprint density at radius 2 is 1.96 bits per heavy atom. The predicted molar refractivity (Wildman–Crippen MR) is 99.9 cm³/mol. The van der Waals surface area contributed by atoms with Gasteiger partial charge in [0.05, 0.1) is 18.8 Å². The fourth-order valence-electron chi connectivity index (χ4n) is 3.18. The highest BCUT2D eigenvalue weighted by Crippen LogP contribution is 2.30. The van der Waals surface area contributed by atoms with Gasteiger partial charge in [-0.1, -0.05) is 41.0 Å². The molecule has 140 valence electrons. The molecule has 2 aromatic carbocycles. The summed E-state index contributed by atoms with van der Waals surface area (Å²) in [4.78, 5) is 4.35. The summed E-state index contributed by atoms with van der Waals surface area (Å²) in [5, 5.41) is 9.20. The monoisotopic (exact) mass is 396 g/mol. The minimum atomic E-state index is -0.355. The van der Waals surface area contributed by atoms with Gasteiger partial charge in [-0.3, -0.25) is 4.68 Å². The largest absolute Gasteiger partial charge is 0.365 e. The number of fused-ring (bicyclic) bond motifs is 1. The van der Waals surface area contributed by atoms with Gasteiger partial charge in [0.1, 0.15) is 11.9 Å². The molecule has 0 fully saturated rings. The second-order valence-electron chi connectivity index (χ2n) is 6.49. The number of hydrogen-bond acceptors (Lipinski definition) is 5. The van der Waals surface area contributed by atoms with Crippen LogP contribution in [0.2, 0.25) is 5.02 Å². The van der Waals surface area contributed by atoms with E-state index in [0.717, 1.165) is 11.3 Å². The quantitative estimate of drug-likeness (QED) is 0.503. The van der Waals surface area contributed by atoms with E-state index in [1.54, 1.807) is 12.1 Å². The molecule has 0 spiro atoms. The van der Waals surface area contributed by atoms with E-state index < -0.39 is 0 Å². The lowest BCUT2D eigenvalue weighted by molar-refractivity contribution is -0.00112. The van der Waals surface area contributed by atoms with Crippen molar-refractivity contribution in [3.05, 3.63) is 76.7 Å². The van der Waals surface area contributed by atoms with E-state index >= 15 is 0 Å². The molecular weight excluding hydrogens is 383 g/mol. The Balaban J connectivity index is 1.40. The summed E-state index contributed by atoms with van der Waals surface area (Å²) in [5.41, 5.74) is 3.07. The van der Waals surface area contributed by atoms with Gasteiger partial charge >= 0.3 is 0 Å². The average Bonchev–Trinajstić information content (AvgIpc) is 3.35. The van der Waals surface area contributed by atoms with Crippen molar-refractivity contribution < 1.29 is 13.7 Å². The molecule has 2 aromatic heterocycles. The molecule has 0 amide bonds. The van der Waals surface area contributed by atoms with Crippen LogP contribution in [0.3, 0.4) is 0 Å². The van der Waals surface area contributed by atoms with E-state index in [2.05, 4.69) is 15.2 Å². The van der Waals surface area contributed by atoms with E-state index in [-0.39, 0.29) is 17.8 Å². The fourth-order valence-corrected chi connectivity index (χ4v) is 3.31. The molecule has 8 heteroatoms. The molecule has 0 radical (unpaired) electrons. The van der Waals surface area contributed by atoms with Crippen molar-refractivity contribution in [2.75, 3.05) is 0 Å². The Kier molecular flexibility index (Phi) is 4.18. The lowest BCUT2D eigenvalue weighted by atomic mass is 10.1. The van der Waals surface area contributed by atoms with Crippen molar-refractivity contribution in [1.82, 2.24) is 19.9 Å². The van der Waals surface area contributed by atoms with Crippen LogP contribution in [0.1, 0.15) is 17.4 Å².